The third-order valence-corrected chi connectivity index (χ3v) is 4.53. The number of nitrogens with one attached hydrogen (secondary N) is 1. The van der Waals surface area contributed by atoms with Crippen LogP contribution in [0.5, 0.6) is 11.5 Å². The van der Waals surface area contributed by atoms with Crippen molar-refractivity contribution < 1.29 is 14.3 Å². The highest BCUT2D eigenvalue weighted by Crippen LogP contribution is 2.31. The number of hydrogen-bond acceptors (Lipinski definition) is 3. The van der Waals surface area contributed by atoms with Crippen LogP contribution in [0.2, 0.25) is 0 Å². The summed E-state index contributed by atoms with van der Waals surface area (Å²) >= 11 is 0. The Morgan fingerprint density at radius 3 is 2.64 bits per heavy atom. The van der Waals surface area contributed by atoms with Gasteiger partial charge < -0.3 is 14.8 Å². The van der Waals surface area contributed by atoms with E-state index in [1.165, 1.54) is 16.7 Å². The molecule has 0 saturated carbocycles. The molecule has 0 aromatic heterocycles. The first-order valence-corrected chi connectivity index (χ1v) is 8.78. The van der Waals surface area contributed by atoms with Crippen LogP contribution in [0.4, 0.5) is 0 Å². The minimum absolute atomic E-state index is 0.00710. The molecule has 0 spiro atoms. The summed E-state index contributed by atoms with van der Waals surface area (Å²) in [7, 11) is 0. The second kappa shape index (κ2) is 7.60. The van der Waals surface area contributed by atoms with Crippen molar-refractivity contribution in [3.63, 3.8) is 0 Å². The quantitative estimate of drug-likeness (QED) is 0.899. The van der Waals surface area contributed by atoms with Gasteiger partial charge in [0.05, 0.1) is 6.04 Å². The van der Waals surface area contributed by atoms with Gasteiger partial charge in [-0.3, -0.25) is 4.79 Å². The van der Waals surface area contributed by atoms with Gasteiger partial charge in [-0.2, -0.15) is 0 Å². The lowest BCUT2D eigenvalue weighted by Gasteiger charge is -2.19. The maximum Gasteiger partial charge on any atom is 0.220 e. The Kier molecular flexibility index (Phi) is 5.27. The molecular weight excluding hydrogens is 314 g/mol. The van der Waals surface area contributed by atoms with Gasteiger partial charge in [-0.05, 0) is 56.0 Å². The normalized spacial score (nSPS) is 14.0. The van der Waals surface area contributed by atoms with Gasteiger partial charge in [-0.25, -0.2) is 0 Å². The second-order valence-corrected chi connectivity index (χ2v) is 6.63. The lowest BCUT2D eigenvalue weighted by molar-refractivity contribution is -0.121. The van der Waals surface area contributed by atoms with E-state index in [0.717, 1.165) is 17.1 Å². The molecular formula is C21H25NO3. The Labute approximate surface area is 149 Å². The molecule has 1 amide bonds. The first kappa shape index (κ1) is 17.3. The van der Waals surface area contributed by atoms with Gasteiger partial charge in [0.25, 0.3) is 0 Å². The fraction of sp³-hybridized carbons (Fsp3) is 0.381. The highest BCUT2D eigenvalue weighted by atomic mass is 16.6. The molecule has 3 rings (SSSR count). The van der Waals surface area contributed by atoms with E-state index < -0.39 is 0 Å². The Morgan fingerprint density at radius 2 is 1.84 bits per heavy atom. The van der Waals surface area contributed by atoms with Crippen molar-refractivity contribution in [2.75, 3.05) is 13.2 Å². The van der Waals surface area contributed by atoms with Gasteiger partial charge in [0.1, 0.15) is 13.2 Å². The summed E-state index contributed by atoms with van der Waals surface area (Å²) < 4.78 is 11.1. The molecule has 4 nitrogen and oxygen atoms in total. The van der Waals surface area contributed by atoms with E-state index in [-0.39, 0.29) is 11.9 Å². The molecule has 1 N–H and O–H groups in total. The van der Waals surface area contributed by atoms with E-state index in [1.807, 2.05) is 25.1 Å². The molecule has 25 heavy (non-hydrogen) atoms. The molecule has 0 unspecified atom stereocenters. The molecule has 0 bridgehead atoms. The van der Waals surface area contributed by atoms with E-state index in [1.54, 1.807) is 0 Å². The van der Waals surface area contributed by atoms with Crippen LogP contribution >= 0.6 is 0 Å². The minimum atomic E-state index is 0.00710. The average molecular weight is 339 g/mol. The van der Waals surface area contributed by atoms with Gasteiger partial charge in [0.15, 0.2) is 11.5 Å². The van der Waals surface area contributed by atoms with E-state index >= 15 is 0 Å². The minimum Gasteiger partial charge on any atom is -0.486 e. The molecule has 0 radical (unpaired) electrons. The van der Waals surface area contributed by atoms with Gasteiger partial charge in [0, 0.05) is 6.42 Å². The second-order valence-electron chi connectivity index (χ2n) is 6.63. The number of hydrogen-bond donors (Lipinski definition) is 1. The number of aryl methyl sites for hydroxylation is 3. The standard InChI is InChI=1S/C21H25NO3/c1-14-4-5-15(2)18(12-14)16(3)22-21(23)9-7-17-6-8-19-20(13-17)25-11-10-24-19/h4-6,8,12-13,16H,7,9-11H2,1-3H3,(H,22,23)/t16-/m0/s1. The molecule has 0 fully saturated rings. The molecule has 1 atom stereocenters. The van der Waals surface area contributed by atoms with Crippen molar-refractivity contribution >= 4 is 5.91 Å². The van der Waals surface area contributed by atoms with E-state index in [4.69, 9.17) is 9.47 Å². The summed E-state index contributed by atoms with van der Waals surface area (Å²) in [6, 6.07) is 12.2. The monoisotopic (exact) mass is 339 g/mol. The maximum atomic E-state index is 12.3. The van der Waals surface area contributed by atoms with Crippen molar-refractivity contribution in [3.05, 3.63) is 58.7 Å². The molecule has 132 valence electrons. The highest BCUT2D eigenvalue weighted by Gasteiger charge is 2.14. The molecule has 1 heterocycles. The van der Waals surface area contributed by atoms with Crippen molar-refractivity contribution in [1.29, 1.82) is 0 Å². The fourth-order valence-electron chi connectivity index (χ4n) is 3.12. The SMILES string of the molecule is Cc1ccc(C)c([C@H](C)NC(=O)CCc2ccc3c(c2)OCCO3)c1. The van der Waals surface area contributed by atoms with Crippen molar-refractivity contribution in [2.45, 2.75) is 39.7 Å². The van der Waals surface area contributed by atoms with Crippen LogP contribution in [0.25, 0.3) is 0 Å². The number of carbonyl (C=O) groups excluding carboxylic acids is 1. The maximum absolute atomic E-state index is 12.3. The predicted molar refractivity (Wildman–Crippen MR) is 98.2 cm³/mol. The Bertz CT molecular complexity index is 770. The molecule has 2 aromatic rings. The van der Waals surface area contributed by atoms with Crippen LogP contribution in [0.1, 0.15) is 41.6 Å². The first-order chi connectivity index (χ1) is 12.0. The lowest BCUT2D eigenvalue weighted by Crippen LogP contribution is -2.27. The van der Waals surface area contributed by atoms with Crippen molar-refractivity contribution in [3.8, 4) is 11.5 Å². The van der Waals surface area contributed by atoms with Gasteiger partial charge in [-0.1, -0.05) is 29.8 Å². The molecule has 1 aliphatic rings. The lowest BCUT2D eigenvalue weighted by atomic mass is 9.99. The van der Waals surface area contributed by atoms with Gasteiger partial charge in [0.2, 0.25) is 5.91 Å². The highest BCUT2D eigenvalue weighted by molar-refractivity contribution is 5.76. The Morgan fingerprint density at radius 1 is 1.08 bits per heavy atom. The molecule has 0 saturated heterocycles. The summed E-state index contributed by atoms with van der Waals surface area (Å²) in [6.45, 7) is 7.34. The van der Waals surface area contributed by atoms with E-state index in [0.29, 0.717) is 26.1 Å². The van der Waals surface area contributed by atoms with Crippen molar-refractivity contribution in [1.82, 2.24) is 5.32 Å². The zero-order valence-electron chi connectivity index (χ0n) is 15.1. The number of carbonyl (C=O) groups is 1. The van der Waals surface area contributed by atoms with Crippen LogP contribution in [-0.2, 0) is 11.2 Å². The zero-order valence-corrected chi connectivity index (χ0v) is 15.1. The van der Waals surface area contributed by atoms with Crippen LogP contribution in [0, 0.1) is 13.8 Å². The number of benzene rings is 2. The zero-order chi connectivity index (χ0) is 17.8. The number of fused-ring (bicyclic) bond motifs is 1. The van der Waals surface area contributed by atoms with Crippen LogP contribution in [0.15, 0.2) is 36.4 Å². The average Bonchev–Trinajstić information content (AvgIpc) is 2.61. The first-order valence-electron chi connectivity index (χ1n) is 8.78. The summed E-state index contributed by atoms with van der Waals surface area (Å²) in [5.74, 6) is 1.61. The van der Waals surface area contributed by atoms with Gasteiger partial charge in [-0.15, -0.1) is 0 Å². The third kappa shape index (κ3) is 4.32. The molecule has 0 aliphatic carbocycles. The largest absolute Gasteiger partial charge is 0.486 e. The van der Waals surface area contributed by atoms with Crippen LogP contribution in [0.3, 0.4) is 0 Å². The number of amides is 1. The van der Waals surface area contributed by atoms with Crippen LogP contribution in [-0.4, -0.2) is 19.1 Å². The molecule has 4 heteroatoms. The predicted octanol–water partition coefficient (Wildman–Crippen LogP) is 3.88. The summed E-state index contributed by atoms with van der Waals surface area (Å²) in [5.41, 5.74) is 4.66. The Hall–Kier alpha value is -2.49. The fourth-order valence-corrected chi connectivity index (χ4v) is 3.12. The number of ether oxygens (including phenoxy) is 2. The van der Waals surface area contributed by atoms with E-state index in [9.17, 15) is 4.79 Å². The third-order valence-electron chi connectivity index (χ3n) is 4.53. The smallest absolute Gasteiger partial charge is 0.220 e. The summed E-state index contributed by atoms with van der Waals surface area (Å²) in [6.07, 6.45) is 1.14. The number of rotatable bonds is 5. The van der Waals surface area contributed by atoms with Gasteiger partial charge >= 0.3 is 0 Å². The summed E-state index contributed by atoms with van der Waals surface area (Å²) in [4.78, 5) is 12.3. The summed E-state index contributed by atoms with van der Waals surface area (Å²) in [5, 5.41) is 3.10. The van der Waals surface area contributed by atoms with Crippen molar-refractivity contribution in [2.24, 2.45) is 0 Å². The molecule has 1 aliphatic heterocycles. The molecule has 2 aromatic carbocycles. The van der Waals surface area contributed by atoms with E-state index in [2.05, 4.69) is 37.4 Å². The topological polar surface area (TPSA) is 47.6 Å². The Balaban J connectivity index is 1.56. The van der Waals surface area contributed by atoms with Crippen LogP contribution < -0.4 is 14.8 Å².